The van der Waals surface area contributed by atoms with E-state index >= 15 is 0 Å². The molecule has 2 aromatic rings. The third-order valence-electron chi connectivity index (χ3n) is 2.42. The molecule has 2 rings (SSSR count). The number of aromatic nitrogens is 2. The van der Waals surface area contributed by atoms with Gasteiger partial charge in [0.1, 0.15) is 17.9 Å². The van der Waals surface area contributed by atoms with Crippen LogP contribution in [0.1, 0.15) is 11.3 Å². The number of aryl methyl sites for hydroxylation is 1. The summed E-state index contributed by atoms with van der Waals surface area (Å²) in [5.41, 5.74) is 5.76. The maximum atomic E-state index is 13.6. The molecule has 0 aliphatic rings. The highest BCUT2D eigenvalue weighted by Crippen LogP contribution is 2.27. The lowest BCUT2D eigenvalue weighted by atomic mass is 10.2. The van der Waals surface area contributed by atoms with Crippen LogP contribution in [-0.2, 0) is 6.54 Å². The maximum absolute atomic E-state index is 13.6. The van der Waals surface area contributed by atoms with Gasteiger partial charge in [0.15, 0.2) is 0 Å². The average molecular weight is 251 g/mol. The molecule has 0 unspecified atom stereocenters. The summed E-state index contributed by atoms with van der Waals surface area (Å²) >= 11 is 0. The summed E-state index contributed by atoms with van der Waals surface area (Å²) in [5.74, 6) is -1.27. The van der Waals surface area contributed by atoms with Crippen LogP contribution in [0.5, 0.6) is 11.6 Å². The Hall–Kier alpha value is -2.08. The Balaban J connectivity index is 2.40. The normalized spacial score (nSPS) is 10.4. The van der Waals surface area contributed by atoms with Crippen LogP contribution in [0.15, 0.2) is 24.5 Å². The van der Waals surface area contributed by atoms with Crippen molar-refractivity contribution in [1.29, 1.82) is 0 Å². The van der Waals surface area contributed by atoms with Crippen LogP contribution in [0.4, 0.5) is 8.78 Å². The van der Waals surface area contributed by atoms with E-state index in [9.17, 15) is 8.78 Å². The summed E-state index contributed by atoms with van der Waals surface area (Å²) < 4.78 is 32.3. The van der Waals surface area contributed by atoms with E-state index in [1.54, 1.807) is 0 Å². The Morgan fingerprint density at radius 2 is 2.06 bits per heavy atom. The van der Waals surface area contributed by atoms with Crippen molar-refractivity contribution in [2.24, 2.45) is 5.73 Å². The third kappa shape index (κ3) is 2.28. The number of halogens is 2. The molecule has 0 aliphatic carbocycles. The van der Waals surface area contributed by atoms with Crippen LogP contribution in [0.25, 0.3) is 0 Å². The van der Waals surface area contributed by atoms with Crippen molar-refractivity contribution < 1.29 is 13.5 Å². The highest BCUT2D eigenvalue weighted by molar-refractivity contribution is 5.37. The number of nitrogens with zero attached hydrogens (tertiary/aromatic N) is 2. The van der Waals surface area contributed by atoms with Crippen LogP contribution in [0.3, 0.4) is 0 Å². The smallest absolute Gasteiger partial charge is 0.259 e. The van der Waals surface area contributed by atoms with Gasteiger partial charge in [-0.3, -0.25) is 0 Å². The van der Waals surface area contributed by atoms with E-state index < -0.39 is 11.6 Å². The zero-order valence-electron chi connectivity index (χ0n) is 9.65. The molecule has 94 valence electrons. The lowest BCUT2D eigenvalue weighted by molar-refractivity contribution is 0.409. The minimum atomic E-state index is -0.676. The molecule has 0 spiro atoms. The lowest BCUT2D eigenvalue weighted by Gasteiger charge is -2.10. The first-order valence-corrected chi connectivity index (χ1v) is 5.26. The molecule has 18 heavy (non-hydrogen) atoms. The number of hydrogen-bond donors (Lipinski definition) is 1. The van der Waals surface area contributed by atoms with Crippen molar-refractivity contribution >= 4 is 0 Å². The minimum absolute atomic E-state index is 0.0479. The summed E-state index contributed by atoms with van der Waals surface area (Å²) in [7, 11) is 0. The molecular formula is C12H11F2N3O. The fourth-order valence-electron chi connectivity index (χ4n) is 1.44. The summed E-state index contributed by atoms with van der Waals surface area (Å²) in [6.45, 7) is 1.44. The molecule has 0 radical (unpaired) electrons. The Bertz CT molecular complexity index is 575. The van der Waals surface area contributed by atoms with Gasteiger partial charge in [-0.25, -0.2) is 9.37 Å². The molecule has 1 aromatic carbocycles. The molecule has 0 atom stereocenters. The monoisotopic (exact) mass is 251 g/mol. The standard InChI is InChI=1S/C12H11F2N3O/c1-7-11(14)12(17-6-16-7)18-10-4-2-3-9(13)8(10)5-15/h2-4,6H,5,15H2,1H3. The summed E-state index contributed by atoms with van der Waals surface area (Å²) in [6.07, 6.45) is 1.18. The van der Waals surface area contributed by atoms with Crippen LogP contribution < -0.4 is 10.5 Å². The average Bonchev–Trinajstić information content (AvgIpc) is 2.35. The predicted molar refractivity (Wildman–Crippen MR) is 61.1 cm³/mol. The first-order chi connectivity index (χ1) is 8.63. The van der Waals surface area contributed by atoms with Crippen LogP contribution in [-0.4, -0.2) is 9.97 Å². The zero-order valence-corrected chi connectivity index (χ0v) is 9.65. The Labute approximate surface area is 102 Å². The summed E-state index contributed by atoms with van der Waals surface area (Å²) in [5, 5.41) is 0. The molecule has 0 aliphatic heterocycles. The second kappa shape index (κ2) is 5.05. The second-order valence-corrected chi connectivity index (χ2v) is 3.60. The second-order valence-electron chi connectivity index (χ2n) is 3.60. The number of hydrogen-bond acceptors (Lipinski definition) is 4. The maximum Gasteiger partial charge on any atom is 0.259 e. The molecular weight excluding hydrogens is 240 g/mol. The van der Waals surface area contributed by atoms with E-state index in [0.29, 0.717) is 0 Å². The number of ether oxygens (including phenoxy) is 1. The molecule has 0 bridgehead atoms. The Morgan fingerprint density at radius 3 is 2.78 bits per heavy atom. The van der Waals surface area contributed by atoms with E-state index in [1.807, 2.05) is 0 Å². The van der Waals surface area contributed by atoms with Crippen molar-refractivity contribution in [2.45, 2.75) is 13.5 Å². The largest absolute Gasteiger partial charge is 0.436 e. The minimum Gasteiger partial charge on any atom is -0.436 e. The fraction of sp³-hybridized carbons (Fsp3) is 0.167. The number of rotatable bonds is 3. The predicted octanol–water partition coefficient (Wildman–Crippen LogP) is 2.31. The molecule has 0 fully saturated rings. The van der Waals surface area contributed by atoms with Gasteiger partial charge < -0.3 is 10.5 Å². The van der Waals surface area contributed by atoms with Gasteiger partial charge in [-0.1, -0.05) is 6.07 Å². The topological polar surface area (TPSA) is 61.0 Å². The van der Waals surface area contributed by atoms with E-state index in [-0.39, 0.29) is 29.4 Å². The first kappa shape index (κ1) is 12.4. The highest BCUT2D eigenvalue weighted by Gasteiger charge is 2.14. The zero-order chi connectivity index (χ0) is 13.1. The van der Waals surface area contributed by atoms with E-state index in [1.165, 1.54) is 31.5 Å². The number of benzene rings is 1. The van der Waals surface area contributed by atoms with Gasteiger partial charge in [0.05, 0.1) is 5.69 Å². The Kier molecular flexibility index (Phi) is 3.47. The lowest BCUT2D eigenvalue weighted by Crippen LogP contribution is -2.04. The van der Waals surface area contributed by atoms with Gasteiger partial charge in [-0.15, -0.1) is 0 Å². The van der Waals surface area contributed by atoms with Gasteiger partial charge in [0.2, 0.25) is 5.82 Å². The van der Waals surface area contributed by atoms with E-state index in [2.05, 4.69) is 9.97 Å². The Morgan fingerprint density at radius 1 is 1.28 bits per heavy atom. The van der Waals surface area contributed by atoms with Crippen molar-refractivity contribution in [2.75, 3.05) is 0 Å². The molecule has 4 nitrogen and oxygen atoms in total. The molecule has 6 heteroatoms. The van der Waals surface area contributed by atoms with E-state index in [4.69, 9.17) is 10.5 Å². The fourth-order valence-corrected chi connectivity index (χ4v) is 1.44. The van der Waals surface area contributed by atoms with Crippen LogP contribution in [0, 0.1) is 18.6 Å². The van der Waals surface area contributed by atoms with Crippen molar-refractivity contribution in [3.63, 3.8) is 0 Å². The molecule has 2 N–H and O–H groups in total. The highest BCUT2D eigenvalue weighted by atomic mass is 19.1. The number of nitrogens with two attached hydrogens (primary N) is 1. The van der Waals surface area contributed by atoms with Crippen molar-refractivity contribution in [3.8, 4) is 11.6 Å². The quantitative estimate of drug-likeness (QED) is 0.909. The van der Waals surface area contributed by atoms with Crippen molar-refractivity contribution in [1.82, 2.24) is 9.97 Å². The summed E-state index contributed by atoms with van der Waals surface area (Å²) in [4.78, 5) is 7.34. The molecule has 0 saturated heterocycles. The van der Waals surface area contributed by atoms with Gasteiger partial charge in [-0.2, -0.15) is 9.37 Å². The molecule has 1 aromatic heterocycles. The first-order valence-electron chi connectivity index (χ1n) is 5.26. The SMILES string of the molecule is Cc1ncnc(Oc2cccc(F)c2CN)c1F. The molecule has 1 heterocycles. The third-order valence-corrected chi connectivity index (χ3v) is 2.42. The van der Waals surface area contributed by atoms with Crippen molar-refractivity contribution in [3.05, 3.63) is 47.4 Å². The van der Waals surface area contributed by atoms with Crippen LogP contribution in [0.2, 0.25) is 0 Å². The molecule has 0 saturated carbocycles. The van der Waals surface area contributed by atoms with Gasteiger partial charge in [-0.05, 0) is 19.1 Å². The van der Waals surface area contributed by atoms with Gasteiger partial charge in [0.25, 0.3) is 5.88 Å². The molecule has 0 amide bonds. The van der Waals surface area contributed by atoms with E-state index in [0.717, 1.165) is 0 Å². The van der Waals surface area contributed by atoms with Gasteiger partial charge >= 0.3 is 0 Å². The van der Waals surface area contributed by atoms with Gasteiger partial charge in [0, 0.05) is 12.1 Å². The summed E-state index contributed by atoms with van der Waals surface area (Å²) in [6, 6.07) is 4.22. The van der Waals surface area contributed by atoms with Crippen LogP contribution >= 0.6 is 0 Å².